The van der Waals surface area contributed by atoms with Crippen molar-refractivity contribution < 1.29 is 0 Å². The lowest BCUT2D eigenvalue weighted by atomic mass is 10.1. The Hall–Kier alpha value is -0.900. The Kier molecular flexibility index (Phi) is 1.34. The highest BCUT2D eigenvalue weighted by atomic mass is 79.9. The molecular formula is C11H10BrN3. The van der Waals surface area contributed by atoms with Gasteiger partial charge in [-0.05, 0) is 47.2 Å². The van der Waals surface area contributed by atoms with E-state index >= 15 is 0 Å². The minimum absolute atomic E-state index is 0.460. The second kappa shape index (κ2) is 2.43. The van der Waals surface area contributed by atoms with E-state index in [9.17, 15) is 0 Å². The minimum atomic E-state index is 0.460. The second-order valence-electron chi connectivity index (χ2n) is 4.65. The van der Waals surface area contributed by atoms with E-state index in [1.165, 1.54) is 36.9 Å². The Morgan fingerprint density at radius 3 is 3.00 bits per heavy atom. The van der Waals surface area contributed by atoms with E-state index in [1.54, 1.807) is 0 Å². The van der Waals surface area contributed by atoms with Crippen LogP contribution in [0.2, 0.25) is 0 Å². The maximum Gasteiger partial charge on any atom is 0.156 e. The molecule has 1 saturated carbocycles. The highest BCUT2D eigenvalue weighted by Crippen LogP contribution is 2.56. The molecule has 4 heteroatoms. The summed E-state index contributed by atoms with van der Waals surface area (Å²) >= 11 is 3.42. The summed E-state index contributed by atoms with van der Waals surface area (Å²) in [6.07, 6.45) is 7.16. The molecule has 3 nitrogen and oxygen atoms in total. The normalized spacial score (nSPS) is 21.1. The van der Waals surface area contributed by atoms with Crippen LogP contribution in [0.15, 0.2) is 16.9 Å². The molecule has 0 aliphatic heterocycles. The molecule has 2 aliphatic carbocycles. The lowest BCUT2D eigenvalue weighted by Crippen LogP contribution is -2.09. The molecular weight excluding hydrogens is 254 g/mol. The first-order valence-electron chi connectivity index (χ1n) is 5.32. The molecule has 0 aromatic carbocycles. The summed E-state index contributed by atoms with van der Waals surface area (Å²) in [5.74, 6) is 0. The molecule has 2 aliphatic rings. The van der Waals surface area contributed by atoms with Gasteiger partial charge in [-0.3, -0.25) is 0 Å². The van der Waals surface area contributed by atoms with Crippen molar-refractivity contribution in [2.24, 2.45) is 0 Å². The molecule has 0 radical (unpaired) electrons. The number of rotatable bonds is 0. The molecule has 0 bridgehead atoms. The van der Waals surface area contributed by atoms with Crippen LogP contribution >= 0.6 is 15.9 Å². The lowest BCUT2D eigenvalue weighted by molar-refractivity contribution is 0.640. The van der Waals surface area contributed by atoms with E-state index in [-0.39, 0.29) is 0 Å². The minimum Gasteiger partial charge on any atom is -0.237 e. The van der Waals surface area contributed by atoms with Crippen LogP contribution in [0.1, 0.15) is 30.5 Å². The van der Waals surface area contributed by atoms with Crippen LogP contribution in [-0.4, -0.2) is 14.6 Å². The molecule has 2 aromatic rings. The van der Waals surface area contributed by atoms with Crippen molar-refractivity contribution >= 4 is 21.6 Å². The SMILES string of the molecule is Brc1cc2ncc3c(n2n1)C1(CC3)CC1. The Bertz CT molecular complexity index is 568. The lowest BCUT2D eigenvalue weighted by Gasteiger charge is -2.09. The zero-order valence-electron chi connectivity index (χ0n) is 8.20. The third-order valence-electron chi connectivity index (χ3n) is 3.76. The first kappa shape index (κ1) is 8.28. The fraction of sp³-hybridized carbons (Fsp3) is 0.455. The predicted octanol–water partition coefficient (Wildman–Crippen LogP) is 2.47. The highest BCUT2D eigenvalue weighted by Gasteiger charge is 2.50. The summed E-state index contributed by atoms with van der Waals surface area (Å²) < 4.78 is 2.92. The van der Waals surface area contributed by atoms with E-state index in [2.05, 4.69) is 26.0 Å². The Morgan fingerprint density at radius 2 is 2.20 bits per heavy atom. The Labute approximate surface area is 95.6 Å². The quantitative estimate of drug-likeness (QED) is 0.731. The number of fused-ring (bicyclic) bond motifs is 4. The highest BCUT2D eigenvalue weighted by molar-refractivity contribution is 9.10. The molecule has 1 fully saturated rings. The van der Waals surface area contributed by atoms with Crippen LogP contribution in [-0.2, 0) is 11.8 Å². The first-order chi connectivity index (χ1) is 7.28. The van der Waals surface area contributed by atoms with E-state index < -0.39 is 0 Å². The van der Waals surface area contributed by atoms with Crippen molar-refractivity contribution in [3.05, 3.63) is 28.1 Å². The number of nitrogens with zero attached hydrogens (tertiary/aromatic N) is 3. The van der Waals surface area contributed by atoms with Gasteiger partial charge in [0, 0.05) is 17.7 Å². The molecule has 0 saturated heterocycles. The van der Waals surface area contributed by atoms with Gasteiger partial charge in [0.25, 0.3) is 0 Å². The topological polar surface area (TPSA) is 30.2 Å². The maximum absolute atomic E-state index is 4.49. The summed E-state index contributed by atoms with van der Waals surface area (Å²) in [4.78, 5) is 4.44. The number of aromatic nitrogens is 3. The van der Waals surface area contributed by atoms with Crippen LogP contribution in [0.5, 0.6) is 0 Å². The fourth-order valence-electron chi connectivity index (χ4n) is 2.82. The third-order valence-corrected chi connectivity index (χ3v) is 4.15. The molecule has 76 valence electrons. The number of hydrogen-bond acceptors (Lipinski definition) is 2. The molecule has 1 spiro atoms. The third kappa shape index (κ3) is 0.956. The summed E-state index contributed by atoms with van der Waals surface area (Å²) in [5, 5.41) is 4.49. The summed E-state index contributed by atoms with van der Waals surface area (Å²) in [7, 11) is 0. The summed E-state index contributed by atoms with van der Waals surface area (Å²) in [6, 6.07) is 1.98. The van der Waals surface area contributed by atoms with Crippen LogP contribution < -0.4 is 0 Å². The summed E-state index contributed by atoms with van der Waals surface area (Å²) in [6.45, 7) is 0. The van der Waals surface area contributed by atoms with Crippen molar-refractivity contribution in [2.75, 3.05) is 0 Å². The van der Waals surface area contributed by atoms with Crippen LogP contribution in [0.4, 0.5) is 0 Å². The largest absolute Gasteiger partial charge is 0.237 e. The maximum atomic E-state index is 4.49. The smallest absolute Gasteiger partial charge is 0.156 e. The molecule has 0 unspecified atom stereocenters. The van der Waals surface area contributed by atoms with Gasteiger partial charge in [0.05, 0.1) is 5.69 Å². The van der Waals surface area contributed by atoms with E-state index in [4.69, 9.17) is 0 Å². The predicted molar refractivity (Wildman–Crippen MR) is 59.9 cm³/mol. The van der Waals surface area contributed by atoms with Crippen LogP contribution in [0.25, 0.3) is 5.65 Å². The Morgan fingerprint density at radius 1 is 1.33 bits per heavy atom. The van der Waals surface area contributed by atoms with E-state index in [0.717, 1.165) is 10.3 Å². The monoisotopic (exact) mass is 263 g/mol. The van der Waals surface area contributed by atoms with Crippen molar-refractivity contribution in [1.29, 1.82) is 0 Å². The molecule has 0 atom stereocenters. The zero-order chi connectivity index (χ0) is 10.0. The number of aryl methyl sites for hydroxylation is 1. The van der Waals surface area contributed by atoms with E-state index in [1.807, 2.05) is 16.8 Å². The number of halogens is 1. The average Bonchev–Trinajstić information content (AvgIpc) is 2.73. The fourth-order valence-corrected chi connectivity index (χ4v) is 3.18. The molecule has 2 heterocycles. The van der Waals surface area contributed by atoms with Crippen molar-refractivity contribution in [3.8, 4) is 0 Å². The van der Waals surface area contributed by atoms with Gasteiger partial charge >= 0.3 is 0 Å². The second-order valence-corrected chi connectivity index (χ2v) is 5.46. The van der Waals surface area contributed by atoms with Gasteiger partial charge in [-0.25, -0.2) is 9.50 Å². The standard InChI is InChI=1S/C11H10BrN3/c12-8-5-9-13-6-7-1-2-11(3-4-11)10(7)15(9)14-8/h5-6H,1-4H2. The van der Waals surface area contributed by atoms with Gasteiger partial charge < -0.3 is 0 Å². The molecule has 0 amide bonds. The zero-order valence-corrected chi connectivity index (χ0v) is 9.79. The molecule has 2 aromatic heterocycles. The first-order valence-corrected chi connectivity index (χ1v) is 6.11. The van der Waals surface area contributed by atoms with Crippen molar-refractivity contribution in [3.63, 3.8) is 0 Å². The van der Waals surface area contributed by atoms with Gasteiger partial charge in [-0.15, -0.1) is 0 Å². The average molecular weight is 264 g/mol. The van der Waals surface area contributed by atoms with Gasteiger partial charge in [0.1, 0.15) is 4.60 Å². The number of hydrogen-bond donors (Lipinski definition) is 0. The van der Waals surface area contributed by atoms with Crippen LogP contribution in [0.3, 0.4) is 0 Å². The van der Waals surface area contributed by atoms with Crippen molar-refractivity contribution in [2.45, 2.75) is 31.1 Å². The van der Waals surface area contributed by atoms with Crippen molar-refractivity contribution in [1.82, 2.24) is 14.6 Å². The van der Waals surface area contributed by atoms with Gasteiger partial charge in [-0.1, -0.05) is 0 Å². The Balaban J connectivity index is 2.14. The van der Waals surface area contributed by atoms with Gasteiger partial charge in [0.15, 0.2) is 5.65 Å². The molecule has 15 heavy (non-hydrogen) atoms. The van der Waals surface area contributed by atoms with Gasteiger partial charge in [-0.2, -0.15) is 5.10 Å². The molecule has 0 N–H and O–H groups in total. The van der Waals surface area contributed by atoms with E-state index in [0.29, 0.717) is 5.41 Å². The molecule has 4 rings (SSSR count). The van der Waals surface area contributed by atoms with Crippen LogP contribution in [0, 0.1) is 0 Å². The summed E-state index contributed by atoms with van der Waals surface area (Å²) in [5.41, 5.74) is 4.25. The van der Waals surface area contributed by atoms with Gasteiger partial charge in [0.2, 0.25) is 0 Å².